The molecule has 0 bridgehead atoms. The highest BCUT2D eigenvalue weighted by atomic mass is 16.5. The van der Waals surface area contributed by atoms with E-state index >= 15 is 0 Å². The zero-order chi connectivity index (χ0) is 19.3. The van der Waals surface area contributed by atoms with Gasteiger partial charge in [0.25, 0.3) is 0 Å². The molecule has 4 rings (SSSR count). The van der Waals surface area contributed by atoms with Crippen LogP contribution in [0.2, 0.25) is 0 Å². The summed E-state index contributed by atoms with van der Waals surface area (Å²) in [4.78, 5) is 2.53. The molecule has 148 valence electrons. The molecule has 2 heterocycles. The van der Waals surface area contributed by atoms with Gasteiger partial charge in [-0.05, 0) is 67.1 Å². The number of benzene rings is 2. The van der Waals surface area contributed by atoms with Gasteiger partial charge in [0, 0.05) is 30.8 Å². The number of nitrogens with zero attached hydrogens (tertiary/aromatic N) is 2. The summed E-state index contributed by atoms with van der Waals surface area (Å²) in [5.74, 6) is 1.58. The normalized spacial score (nSPS) is 17.9. The van der Waals surface area contributed by atoms with Crippen molar-refractivity contribution in [3.63, 3.8) is 0 Å². The maximum atomic E-state index is 9.10. The monoisotopic (exact) mass is 379 g/mol. The first-order valence-corrected chi connectivity index (χ1v) is 10.2. The fourth-order valence-electron chi connectivity index (χ4n) is 4.34. The Hall–Kier alpha value is -2.37. The minimum absolute atomic E-state index is 0.302. The van der Waals surface area contributed by atoms with Gasteiger partial charge < -0.3 is 9.84 Å². The van der Waals surface area contributed by atoms with E-state index in [-0.39, 0.29) is 0 Å². The van der Waals surface area contributed by atoms with Gasteiger partial charge in [0.05, 0.1) is 19.0 Å². The van der Waals surface area contributed by atoms with Crippen LogP contribution in [0.3, 0.4) is 0 Å². The first-order chi connectivity index (χ1) is 13.8. The molecular weight excluding hydrogens is 350 g/mol. The van der Waals surface area contributed by atoms with Gasteiger partial charge in [0.1, 0.15) is 5.75 Å². The van der Waals surface area contributed by atoms with Gasteiger partial charge >= 0.3 is 0 Å². The van der Waals surface area contributed by atoms with Crippen LogP contribution in [0.1, 0.15) is 31.2 Å². The van der Waals surface area contributed by atoms with Crippen molar-refractivity contribution in [1.82, 2.24) is 15.1 Å². The molecule has 1 saturated heterocycles. The van der Waals surface area contributed by atoms with E-state index in [0.29, 0.717) is 12.5 Å². The second-order valence-corrected chi connectivity index (χ2v) is 7.81. The second kappa shape index (κ2) is 8.76. The molecule has 1 aromatic heterocycles. The molecule has 0 radical (unpaired) electrons. The number of piperidine rings is 1. The highest BCUT2D eigenvalue weighted by molar-refractivity contribution is 5.88. The average Bonchev–Trinajstić information content (AvgIpc) is 3.19. The zero-order valence-electron chi connectivity index (χ0n) is 16.5. The maximum absolute atomic E-state index is 9.10. The van der Waals surface area contributed by atoms with Crippen LogP contribution in [0.5, 0.6) is 5.75 Å². The number of methoxy groups -OCH3 is 1. The summed E-state index contributed by atoms with van der Waals surface area (Å²) in [6.45, 7) is 3.47. The fourth-order valence-corrected chi connectivity index (χ4v) is 4.34. The Labute approximate surface area is 166 Å². The number of hydrogen-bond donors (Lipinski definition) is 2. The summed E-state index contributed by atoms with van der Waals surface area (Å²) in [5.41, 5.74) is 3.52. The summed E-state index contributed by atoms with van der Waals surface area (Å²) in [6, 6.07) is 12.7. The number of fused-ring (bicyclic) bond motifs is 1. The molecule has 0 aliphatic carbocycles. The Morgan fingerprint density at radius 2 is 2.07 bits per heavy atom. The van der Waals surface area contributed by atoms with Gasteiger partial charge in [-0.15, -0.1) is 0 Å². The number of likely N-dealkylation sites (tertiary alicyclic amines) is 1. The van der Waals surface area contributed by atoms with Crippen LogP contribution in [-0.2, 0) is 6.54 Å². The topological polar surface area (TPSA) is 61.4 Å². The first kappa shape index (κ1) is 19.0. The highest BCUT2D eigenvalue weighted by Gasteiger charge is 2.21. The predicted molar refractivity (Wildman–Crippen MR) is 112 cm³/mol. The number of rotatable bonds is 7. The molecule has 0 amide bonds. The molecule has 5 nitrogen and oxygen atoms in total. The molecular formula is C23H29N3O2. The van der Waals surface area contributed by atoms with Crippen molar-refractivity contribution in [3.05, 3.63) is 48.2 Å². The van der Waals surface area contributed by atoms with Crippen LogP contribution in [-0.4, -0.2) is 47.0 Å². The van der Waals surface area contributed by atoms with Gasteiger partial charge in [-0.25, -0.2) is 0 Å². The van der Waals surface area contributed by atoms with Gasteiger partial charge in [-0.3, -0.25) is 10.00 Å². The smallest absolute Gasteiger partial charge is 0.119 e. The molecule has 5 heteroatoms. The molecule has 1 aliphatic rings. The van der Waals surface area contributed by atoms with Crippen molar-refractivity contribution in [3.8, 4) is 17.0 Å². The lowest BCUT2D eigenvalue weighted by molar-refractivity contribution is 0.153. The molecule has 0 saturated carbocycles. The van der Waals surface area contributed by atoms with Crippen molar-refractivity contribution in [2.24, 2.45) is 5.92 Å². The molecule has 1 fully saturated rings. The van der Waals surface area contributed by atoms with Crippen LogP contribution in [0.15, 0.2) is 42.6 Å². The van der Waals surface area contributed by atoms with Crippen molar-refractivity contribution in [1.29, 1.82) is 0 Å². The predicted octanol–water partition coefficient (Wildman–Crippen LogP) is 4.22. The SMILES string of the molecule is COc1ccc2cc(-c3[nH]ncc3CN3CCC[C@H](CCCO)C3)ccc2c1. The van der Waals surface area contributed by atoms with Crippen LogP contribution >= 0.6 is 0 Å². The van der Waals surface area contributed by atoms with E-state index in [1.54, 1.807) is 7.11 Å². The Balaban J connectivity index is 1.51. The van der Waals surface area contributed by atoms with E-state index in [4.69, 9.17) is 9.84 Å². The quantitative estimate of drug-likeness (QED) is 0.645. The van der Waals surface area contributed by atoms with Gasteiger partial charge in [0.15, 0.2) is 0 Å². The zero-order valence-corrected chi connectivity index (χ0v) is 16.5. The summed E-state index contributed by atoms with van der Waals surface area (Å²) in [6.07, 6.45) is 6.52. The Morgan fingerprint density at radius 3 is 2.93 bits per heavy atom. The third kappa shape index (κ3) is 4.21. The molecule has 0 spiro atoms. The fraction of sp³-hybridized carbons (Fsp3) is 0.435. The number of nitrogens with one attached hydrogen (secondary N) is 1. The lowest BCUT2D eigenvalue weighted by atomic mass is 9.93. The van der Waals surface area contributed by atoms with Crippen LogP contribution in [0, 0.1) is 5.92 Å². The van der Waals surface area contributed by atoms with E-state index in [9.17, 15) is 0 Å². The van der Waals surface area contributed by atoms with Crippen molar-refractivity contribution in [2.75, 3.05) is 26.8 Å². The number of aliphatic hydroxyl groups is 1. The molecule has 3 aromatic rings. The summed E-state index contributed by atoms with van der Waals surface area (Å²) < 4.78 is 5.33. The van der Waals surface area contributed by atoms with Gasteiger partial charge in [0.2, 0.25) is 0 Å². The van der Waals surface area contributed by atoms with E-state index in [0.717, 1.165) is 43.9 Å². The van der Waals surface area contributed by atoms with Gasteiger partial charge in [-0.1, -0.05) is 18.2 Å². The second-order valence-electron chi connectivity index (χ2n) is 7.81. The largest absolute Gasteiger partial charge is 0.497 e. The lowest BCUT2D eigenvalue weighted by Gasteiger charge is -2.32. The standard InChI is InChI=1S/C23H29N3O2/c1-28-22-9-8-18-12-20(7-6-19(18)13-22)23-21(14-24-25-23)16-26-10-2-4-17(15-26)5-3-11-27/h6-9,12-14,17,27H,2-5,10-11,15-16H2,1H3,(H,24,25)/t17-/m1/s1. The lowest BCUT2D eigenvalue weighted by Crippen LogP contribution is -2.35. The molecule has 1 atom stereocenters. The van der Waals surface area contributed by atoms with Crippen molar-refractivity contribution in [2.45, 2.75) is 32.2 Å². The number of aliphatic hydroxyl groups excluding tert-OH is 1. The molecule has 1 aliphatic heterocycles. The minimum Gasteiger partial charge on any atom is -0.497 e. The highest BCUT2D eigenvalue weighted by Crippen LogP contribution is 2.29. The van der Waals surface area contributed by atoms with E-state index in [2.05, 4.69) is 45.4 Å². The van der Waals surface area contributed by atoms with E-state index in [1.807, 2.05) is 12.3 Å². The molecule has 28 heavy (non-hydrogen) atoms. The third-order valence-electron chi connectivity index (χ3n) is 5.82. The first-order valence-electron chi connectivity index (χ1n) is 10.2. The number of aromatic amines is 1. The molecule has 2 N–H and O–H groups in total. The summed E-state index contributed by atoms with van der Waals surface area (Å²) >= 11 is 0. The number of aromatic nitrogens is 2. The minimum atomic E-state index is 0.302. The Morgan fingerprint density at radius 1 is 1.21 bits per heavy atom. The Bertz CT molecular complexity index is 921. The van der Waals surface area contributed by atoms with E-state index in [1.165, 1.54) is 34.7 Å². The molecule has 0 unspecified atom stereocenters. The Kier molecular flexibility index (Phi) is 5.93. The van der Waals surface area contributed by atoms with Crippen LogP contribution < -0.4 is 4.74 Å². The van der Waals surface area contributed by atoms with Crippen molar-refractivity contribution >= 4 is 10.8 Å². The summed E-state index contributed by atoms with van der Waals surface area (Å²) in [5, 5.41) is 19.0. The maximum Gasteiger partial charge on any atom is 0.119 e. The number of ether oxygens (including phenoxy) is 1. The van der Waals surface area contributed by atoms with E-state index < -0.39 is 0 Å². The number of hydrogen-bond acceptors (Lipinski definition) is 4. The number of H-pyrrole nitrogens is 1. The van der Waals surface area contributed by atoms with Gasteiger partial charge in [-0.2, -0.15) is 5.10 Å². The van der Waals surface area contributed by atoms with Crippen LogP contribution in [0.4, 0.5) is 0 Å². The summed E-state index contributed by atoms with van der Waals surface area (Å²) in [7, 11) is 1.70. The van der Waals surface area contributed by atoms with Crippen LogP contribution in [0.25, 0.3) is 22.0 Å². The third-order valence-corrected chi connectivity index (χ3v) is 5.82. The average molecular weight is 380 g/mol. The molecule has 2 aromatic carbocycles. The van der Waals surface area contributed by atoms with Crippen molar-refractivity contribution < 1.29 is 9.84 Å².